The van der Waals surface area contributed by atoms with Gasteiger partial charge in [0.2, 0.25) is 5.91 Å². The fraction of sp³-hybridized carbons (Fsp3) is 0.207. The van der Waals surface area contributed by atoms with E-state index in [1.54, 1.807) is 0 Å². The van der Waals surface area contributed by atoms with Crippen LogP contribution in [-0.4, -0.2) is 29.2 Å². The van der Waals surface area contributed by atoms with E-state index in [2.05, 4.69) is 39.5 Å². The fourth-order valence-electron chi connectivity index (χ4n) is 4.38. The van der Waals surface area contributed by atoms with Gasteiger partial charge >= 0.3 is 0 Å². The van der Waals surface area contributed by atoms with Gasteiger partial charge in [-0.15, -0.1) is 10.2 Å². The van der Waals surface area contributed by atoms with Crippen LogP contribution in [0.3, 0.4) is 0 Å². The summed E-state index contributed by atoms with van der Waals surface area (Å²) in [5.41, 5.74) is 3.83. The van der Waals surface area contributed by atoms with Crippen LogP contribution in [0.15, 0.2) is 91.0 Å². The number of hydrogen-bond acceptors (Lipinski definition) is 5. The molecule has 0 spiro atoms. The van der Waals surface area contributed by atoms with Crippen LogP contribution >= 0.6 is 0 Å². The van der Waals surface area contributed by atoms with Crippen LogP contribution in [0.25, 0.3) is 11.3 Å². The Morgan fingerprint density at radius 2 is 1.57 bits per heavy atom. The summed E-state index contributed by atoms with van der Waals surface area (Å²) in [6, 6.07) is 29.3. The zero-order valence-corrected chi connectivity index (χ0v) is 19.7. The molecule has 6 nitrogen and oxygen atoms in total. The molecule has 5 rings (SSSR count). The lowest BCUT2D eigenvalue weighted by molar-refractivity contribution is -0.120. The van der Waals surface area contributed by atoms with E-state index in [-0.39, 0.29) is 11.8 Å². The highest BCUT2D eigenvalue weighted by Crippen LogP contribution is 2.31. The minimum atomic E-state index is -0.0600. The van der Waals surface area contributed by atoms with Gasteiger partial charge in [-0.3, -0.25) is 4.79 Å². The monoisotopic (exact) mass is 464 g/mol. The number of nitrogens with zero attached hydrogens (tertiary/aromatic N) is 3. The van der Waals surface area contributed by atoms with Gasteiger partial charge in [0.05, 0.1) is 11.4 Å². The smallest absolute Gasteiger partial charge is 0.227 e. The Bertz CT molecular complexity index is 1280. The summed E-state index contributed by atoms with van der Waals surface area (Å²) in [6.45, 7) is 3.60. The van der Waals surface area contributed by atoms with E-state index < -0.39 is 0 Å². The molecule has 0 aliphatic carbocycles. The molecule has 3 aromatic carbocycles. The number of para-hydroxylation sites is 3. The number of amides is 1. The molecule has 2 heterocycles. The van der Waals surface area contributed by atoms with Gasteiger partial charge in [-0.25, -0.2) is 0 Å². The Morgan fingerprint density at radius 3 is 2.31 bits per heavy atom. The molecule has 0 bridgehead atoms. The predicted molar refractivity (Wildman–Crippen MR) is 139 cm³/mol. The first-order chi connectivity index (χ1) is 17.2. The summed E-state index contributed by atoms with van der Waals surface area (Å²) in [7, 11) is 0. The lowest BCUT2D eigenvalue weighted by atomic mass is 9.95. The van der Waals surface area contributed by atoms with Crippen molar-refractivity contribution in [2.45, 2.75) is 19.8 Å². The van der Waals surface area contributed by atoms with Crippen molar-refractivity contribution in [3.05, 3.63) is 96.6 Å². The molecule has 1 amide bonds. The van der Waals surface area contributed by atoms with E-state index >= 15 is 0 Å². The first-order valence-electron chi connectivity index (χ1n) is 11.9. The number of carbonyl (C=O) groups excluding carboxylic acids is 1. The molecule has 6 heteroatoms. The molecule has 4 aromatic rings. The summed E-state index contributed by atoms with van der Waals surface area (Å²) < 4.78 is 5.98. The molecule has 1 aliphatic heterocycles. The zero-order chi connectivity index (χ0) is 24.0. The molecule has 0 saturated carbocycles. The third-order valence-corrected chi connectivity index (χ3v) is 6.38. The van der Waals surface area contributed by atoms with Gasteiger partial charge in [0, 0.05) is 24.6 Å². The molecule has 1 aliphatic rings. The molecule has 0 radical (unpaired) electrons. The van der Waals surface area contributed by atoms with Crippen molar-refractivity contribution in [1.82, 2.24) is 10.2 Å². The Morgan fingerprint density at radius 1 is 0.857 bits per heavy atom. The molecule has 0 atom stereocenters. The number of ether oxygens (including phenoxy) is 1. The van der Waals surface area contributed by atoms with E-state index in [0.717, 1.165) is 48.8 Å². The van der Waals surface area contributed by atoms with E-state index in [1.807, 2.05) is 78.9 Å². The highest BCUT2D eigenvalue weighted by atomic mass is 16.5. The van der Waals surface area contributed by atoms with Gasteiger partial charge in [-0.2, -0.15) is 0 Å². The number of hydrogen-bond donors (Lipinski definition) is 1. The fourth-order valence-corrected chi connectivity index (χ4v) is 4.38. The quantitative estimate of drug-likeness (QED) is 0.373. The minimum Gasteiger partial charge on any atom is -0.455 e. The van der Waals surface area contributed by atoms with Crippen molar-refractivity contribution in [2.24, 2.45) is 5.92 Å². The number of anilines is 2. The SMILES string of the molecule is Cc1ccccc1-c1ccc(N2CCC(C(=O)Nc3ccccc3Oc3ccccc3)CC2)nn1. The second-order valence-corrected chi connectivity index (χ2v) is 8.75. The first kappa shape index (κ1) is 22.6. The third-order valence-electron chi connectivity index (χ3n) is 6.38. The standard InChI is InChI=1S/C29H28N4O2/c1-21-9-5-6-12-24(21)25-15-16-28(32-31-25)33-19-17-22(18-20-33)29(34)30-26-13-7-8-14-27(26)35-23-10-3-2-4-11-23/h2-16,22H,17-20H2,1H3,(H,30,34). The van der Waals surface area contributed by atoms with Crippen LogP contribution in [0.5, 0.6) is 11.5 Å². The van der Waals surface area contributed by atoms with Crippen LogP contribution in [0.2, 0.25) is 0 Å². The van der Waals surface area contributed by atoms with Crippen molar-refractivity contribution in [1.29, 1.82) is 0 Å². The van der Waals surface area contributed by atoms with Gasteiger partial charge in [0.1, 0.15) is 5.75 Å². The number of rotatable bonds is 6. The Labute approximate surface area is 205 Å². The molecule has 1 aromatic heterocycles. The molecular weight excluding hydrogens is 436 g/mol. The average molecular weight is 465 g/mol. The molecule has 0 unspecified atom stereocenters. The molecule has 1 N–H and O–H groups in total. The topological polar surface area (TPSA) is 67.4 Å². The predicted octanol–water partition coefficient (Wildman–Crippen LogP) is 6.10. The maximum atomic E-state index is 13.0. The maximum absolute atomic E-state index is 13.0. The normalized spacial score (nSPS) is 13.9. The summed E-state index contributed by atoms with van der Waals surface area (Å²) in [4.78, 5) is 15.2. The second-order valence-electron chi connectivity index (χ2n) is 8.75. The number of aryl methyl sites for hydroxylation is 1. The largest absolute Gasteiger partial charge is 0.455 e. The molecule has 1 fully saturated rings. The lowest BCUT2D eigenvalue weighted by Crippen LogP contribution is -2.38. The van der Waals surface area contributed by atoms with Gasteiger partial charge in [-0.1, -0.05) is 54.6 Å². The highest BCUT2D eigenvalue weighted by molar-refractivity contribution is 5.94. The van der Waals surface area contributed by atoms with Crippen molar-refractivity contribution >= 4 is 17.4 Å². The third kappa shape index (κ3) is 5.32. The van der Waals surface area contributed by atoms with Crippen LogP contribution in [0.4, 0.5) is 11.5 Å². The number of piperidine rings is 1. The molecule has 176 valence electrons. The van der Waals surface area contributed by atoms with E-state index in [9.17, 15) is 4.79 Å². The second kappa shape index (κ2) is 10.4. The van der Waals surface area contributed by atoms with Crippen molar-refractivity contribution in [2.75, 3.05) is 23.3 Å². The van der Waals surface area contributed by atoms with Crippen LogP contribution in [-0.2, 0) is 4.79 Å². The maximum Gasteiger partial charge on any atom is 0.227 e. The average Bonchev–Trinajstić information content (AvgIpc) is 2.91. The molecule has 1 saturated heterocycles. The number of nitrogens with one attached hydrogen (secondary N) is 1. The summed E-state index contributed by atoms with van der Waals surface area (Å²) in [6.07, 6.45) is 1.52. The Balaban J connectivity index is 1.19. The number of benzene rings is 3. The summed E-state index contributed by atoms with van der Waals surface area (Å²) in [5, 5.41) is 12.0. The lowest BCUT2D eigenvalue weighted by Gasteiger charge is -2.32. The van der Waals surface area contributed by atoms with E-state index in [1.165, 1.54) is 5.56 Å². The molecule has 35 heavy (non-hydrogen) atoms. The van der Waals surface area contributed by atoms with Crippen molar-refractivity contribution in [3.8, 4) is 22.8 Å². The van der Waals surface area contributed by atoms with Crippen molar-refractivity contribution in [3.63, 3.8) is 0 Å². The van der Waals surface area contributed by atoms with Gasteiger partial charge < -0.3 is 15.0 Å². The number of carbonyl (C=O) groups is 1. The number of aromatic nitrogens is 2. The van der Waals surface area contributed by atoms with Gasteiger partial charge in [0.15, 0.2) is 11.6 Å². The first-order valence-corrected chi connectivity index (χ1v) is 11.9. The van der Waals surface area contributed by atoms with Crippen LogP contribution < -0.4 is 15.0 Å². The van der Waals surface area contributed by atoms with Gasteiger partial charge in [0.25, 0.3) is 0 Å². The summed E-state index contributed by atoms with van der Waals surface area (Å²) >= 11 is 0. The van der Waals surface area contributed by atoms with E-state index in [4.69, 9.17) is 4.74 Å². The van der Waals surface area contributed by atoms with Gasteiger partial charge in [-0.05, 0) is 61.7 Å². The zero-order valence-electron chi connectivity index (χ0n) is 19.7. The van der Waals surface area contributed by atoms with Crippen molar-refractivity contribution < 1.29 is 9.53 Å². The minimum absolute atomic E-state index is 0.0229. The molecular formula is C29H28N4O2. The van der Waals surface area contributed by atoms with E-state index in [0.29, 0.717) is 11.4 Å². The Hall–Kier alpha value is -4.19. The van der Waals surface area contributed by atoms with Crippen LogP contribution in [0, 0.1) is 12.8 Å². The van der Waals surface area contributed by atoms with Crippen LogP contribution in [0.1, 0.15) is 18.4 Å². The Kier molecular flexibility index (Phi) is 6.70. The summed E-state index contributed by atoms with van der Waals surface area (Å²) in [5.74, 6) is 2.18. The highest BCUT2D eigenvalue weighted by Gasteiger charge is 2.26.